The van der Waals surface area contributed by atoms with Crippen molar-refractivity contribution in [1.29, 1.82) is 0 Å². The molecule has 3 rings (SSSR count). The number of rotatable bonds is 2. The minimum atomic E-state index is -0.453. The van der Waals surface area contributed by atoms with Crippen molar-refractivity contribution >= 4 is 34.0 Å². The minimum Gasteiger partial charge on any atom is -0.309 e. The van der Waals surface area contributed by atoms with Gasteiger partial charge in [0.1, 0.15) is 0 Å². The van der Waals surface area contributed by atoms with Gasteiger partial charge in [-0.2, -0.15) is 0 Å². The van der Waals surface area contributed by atoms with Gasteiger partial charge in [0.15, 0.2) is 5.13 Å². The van der Waals surface area contributed by atoms with Crippen molar-refractivity contribution in [3.05, 3.63) is 29.1 Å². The summed E-state index contributed by atoms with van der Waals surface area (Å²) in [6.45, 7) is 9.28. The molecule has 0 aliphatic carbocycles. The zero-order valence-corrected chi connectivity index (χ0v) is 16.0. The van der Waals surface area contributed by atoms with Crippen LogP contribution in [-0.4, -0.2) is 22.8 Å². The average Bonchev–Trinajstić information content (AvgIpc) is 3.08. The SMILES string of the molecule is CC(=O)N1c2ccc(-c3csc(NC(=O)C(C)(C)C)n3)cc2C[C@H]1C. The number of hydrogen-bond donors (Lipinski definition) is 1. The lowest BCUT2D eigenvalue weighted by molar-refractivity contribution is -0.123. The highest BCUT2D eigenvalue weighted by molar-refractivity contribution is 7.14. The lowest BCUT2D eigenvalue weighted by Gasteiger charge is -2.20. The Morgan fingerprint density at radius 2 is 2.04 bits per heavy atom. The van der Waals surface area contributed by atoms with Crippen LogP contribution < -0.4 is 10.2 Å². The van der Waals surface area contributed by atoms with Gasteiger partial charge >= 0.3 is 0 Å². The van der Waals surface area contributed by atoms with Crippen molar-refractivity contribution < 1.29 is 9.59 Å². The number of nitrogens with one attached hydrogen (secondary N) is 1. The molecule has 1 N–H and O–H groups in total. The first-order valence-electron chi connectivity index (χ1n) is 8.37. The van der Waals surface area contributed by atoms with Crippen LogP contribution in [0.15, 0.2) is 23.6 Å². The van der Waals surface area contributed by atoms with E-state index in [1.165, 1.54) is 11.3 Å². The summed E-state index contributed by atoms with van der Waals surface area (Å²) in [7, 11) is 0. The third-order valence-electron chi connectivity index (χ3n) is 4.34. The summed E-state index contributed by atoms with van der Waals surface area (Å²) in [5.74, 6) is 0.0214. The molecule has 1 aromatic heterocycles. The molecule has 25 heavy (non-hydrogen) atoms. The van der Waals surface area contributed by atoms with E-state index in [4.69, 9.17) is 0 Å². The summed E-state index contributed by atoms with van der Waals surface area (Å²) in [5.41, 5.74) is 3.54. The maximum absolute atomic E-state index is 12.1. The number of nitrogens with zero attached hydrogens (tertiary/aromatic N) is 2. The van der Waals surface area contributed by atoms with Crippen LogP contribution in [0.3, 0.4) is 0 Å². The predicted octanol–water partition coefficient (Wildman–Crippen LogP) is 4.09. The highest BCUT2D eigenvalue weighted by Crippen LogP contribution is 2.36. The summed E-state index contributed by atoms with van der Waals surface area (Å²) in [4.78, 5) is 30.3. The molecule has 1 aliphatic heterocycles. The summed E-state index contributed by atoms with van der Waals surface area (Å²) < 4.78 is 0. The molecular formula is C19H23N3O2S. The fraction of sp³-hybridized carbons (Fsp3) is 0.421. The quantitative estimate of drug-likeness (QED) is 0.880. The van der Waals surface area contributed by atoms with Gasteiger partial charge in [-0.15, -0.1) is 11.3 Å². The Kier molecular flexibility index (Phi) is 4.41. The minimum absolute atomic E-state index is 0.0479. The molecule has 2 aromatic rings. The molecule has 1 aliphatic rings. The molecule has 0 bridgehead atoms. The first kappa shape index (κ1) is 17.6. The van der Waals surface area contributed by atoms with Crippen LogP contribution in [0, 0.1) is 5.41 Å². The van der Waals surface area contributed by atoms with E-state index in [2.05, 4.69) is 23.3 Å². The second-order valence-electron chi connectivity index (χ2n) is 7.53. The third kappa shape index (κ3) is 3.44. The largest absolute Gasteiger partial charge is 0.309 e. The normalized spacial score (nSPS) is 16.7. The molecule has 0 radical (unpaired) electrons. The maximum Gasteiger partial charge on any atom is 0.231 e. The molecule has 1 atom stereocenters. The maximum atomic E-state index is 12.1. The van der Waals surface area contributed by atoms with Gasteiger partial charge in [0.05, 0.1) is 5.69 Å². The summed E-state index contributed by atoms with van der Waals surface area (Å²) in [6, 6.07) is 6.25. The molecule has 5 nitrogen and oxygen atoms in total. The number of amides is 2. The molecule has 6 heteroatoms. The van der Waals surface area contributed by atoms with Gasteiger partial charge < -0.3 is 10.2 Å². The molecule has 0 saturated carbocycles. The zero-order valence-electron chi connectivity index (χ0n) is 15.2. The van der Waals surface area contributed by atoms with Crippen molar-refractivity contribution in [3.8, 4) is 11.3 Å². The molecule has 0 saturated heterocycles. The van der Waals surface area contributed by atoms with Crippen molar-refractivity contribution in [2.75, 3.05) is 10.2 Å². The number of carbonyl (C=O) groups is 2. The highest BCUT2D eigenvalue weighted by atomic mass is 32.1. The number of thiazole rings is 1. The Morgan fingerprint density at radius 1 is 1.32 bits per heavy atom. The fourth-order valence-electron chi connectivity index (χ4n) is 3.02. The van der Waals surface area contributed by atoms with Crippen LogP contribution in [0.2, 0.25) is 0 Å². The van der Waals surface area contributed by atoms with Gasteiger partial charge in [-0.25, -0.2) is 4.98 Å². The van der Waals surface area contributed by atoms with Gasteiger partial charge in [-0.05, 0) is 31.0 Å². The first-order valence-corrected chi connectivity index (χ1v) is 9.25. The second-order valence-corrected chi connectivity index (χ2v) is 8.39. The first-order chi connectivity index (χ1) is 11.7. The van der Waals surface area contributed by atoms with Crippen LogP contribution in [0.5, 0.6) is 0 Å². The molecule has 2 heterocycles. The Morgan fingerprint density at radius 3 is 2.68 bits per heavy atom. The van der Waals surface area contributed by atoms with Gasteiger partial charge in [0, 0.05) is 35.0 Å². The van der Waals surface area contributed by atoms with E-state index in [9.17, 15) is 9.59 Å². The van der Waals surface area contributed by atoms with Crippen molar-refractivity contribution in [2.45, 2.75) is 47.1 Å². The van der Waals surface area contributed by atoms with Gasteiger partial charge in [-0.1, -0.05) is 26.8 Å². The molecular weight excluding hydrogens is 334 g/mol. The number of carbonyl (C=O) groups excluding carboxylic acids is 2. The van der Waals surface area contributed by atoms with Crippen molar-refractivity contribution in [2.24, 2.45) is 5.41 Å². The standard InChI is InChI=1S/C19H23N3O2S/c1-11-8-14-9-13(6-7-16(14)22(11)12(2)23)15-10-25-18(20-15)21-17(24)19(3,4)5/h6-7,9-11H,8H2,1-5H3,(H,20,21,24)/t11-/m1/s1. The van der Waals surface area contributed by atoms with Crippen LogP contribution >= 0.6 is 11.3 Å². The van der Waals surface area contributed by atoms with E-state index < -0.39 is 5.41 Å². The molecule has 0 spiro atoms. The van der Waals surface area contributed by atoms with E-state index in [1.54, 1.807) is 6.92 Å². The molecule has 0 unspecified atom stereocenters. The van der Waals surface area contributed by atoms with Gasteiger partial charge in [-0.3, -0.25) is 9.59 Å². The Hall–Kier alpha value is -2.21. The fourth-order valence-corrected chi connectivity index (χ4v) is 3.73. The van der Waals surface area contributed by atoms with E-state index in [-0.39, 0.29) is 17.9 Å². The zero-order chi connectivity index (χ0) is 18.4. The van der Waals surface area contributed by atoms with E-state index >= 15 is 0 Å². The van der Waals surface area contributed by atoms with E-state index in [1.807, 2.05) is 43.2 Å². The Balaban J connectivity index is 1.84. The second kappa shape index (κ2) is 6.26. The number of benzene rings is 1. The highest BCUT2D eigenvalue weighted by Gasteiger charge is 2.29. The van der Waals surface area contributed by atoms with E-state index in [0.29, 0.717) is 5.13 Å². The lowest BCUT2D eigenvalue weighted by Crippen LogP contribution is -2.33. The Labute approximate surface area is 152 Å². The average molecular weight is 357 g/mol. The van der Waals surface area contributed by atoms with E-state index in [0.717, 1.165) is 28.9 Å². The number of hydrogen-bond acceptors (Lipinski definition) is 4. The topological polar surface area (TPSA) is 62.3 Å². The molecule has 2 amide bonds. The predicted molar refractivity (Wildman–Crippen MR) is 102 cm³/mol. The van der Waals surface area contributed by atoms with Crippen LogP contribution in [-0.2, 0) is 16.0 Å². The van der Waals surface area contributed by atoms with Crippen molar-refractivity contribution in [3.63, 3.8) is 0 Å². The number of fused-ring (bicyclic) bond motifs is 1. The van der Waals surface area contributed by atoms with Crippen LogP contribution in [0.4, 0.5) is 10.8 Å². The molecule has 0 fully saturated rings. The molecule has 132 valence electrons. The van der Waals surface area contributed by atoms with Crippen LogP contribution in [0.1, 0.15) is 40.2 Å². The number of aromatic nitrogens is 1. The summed E-state index contributed by atoms with van der Waals surface area (Å²) in [5, 5.41) is 5.42. The smallest absolute Gasteiger partial charge is 0.231 e. The summed E-state index contributed by atoms with van der Waals surface area (Å²) >= 11 is 1.42. The third-order valence-corrected chi connectivity index (χ3v) is 5.09. The molecule has 1 aromatic carbocycles. The lowest BCUT2D eigenvalue weighted by atomic mass is 9.96. The number of anilines is 2. The van der Waals surface area contributed by atoms with Crippen molar-refractivity contribution in [1.82, 2.24) is 4.98 Å². The summed E-state index contributed by atoms with van der Waals surface area (Å²) in [6.07, 6.45) is 0.848. The van der Waals surface area contributed by atoms with Gasteiger partial charge in [0.2, 0.25) is 11.8 Å². The Bertz CT molecular complexity index is 835. The van der Waals surface area contributed by atoms with Gasteiger partial charge in [0.25, 0.3) is 0 Å². The monoisotopic (exact) mass is 357 g/mol. The van der Waals surface area contributed by atoms with Crippen LogP contribution in [0.25, 0.3) is 11.3 Å².